The zero-order valence-corrected chi connectivity index (χ0v) is 15.0. The number of rotatable bonds is 6. The Bertz CT molecular complexity index is 797. The molecule has 0 radical (unpaired) electrons. The second kappa shape index (κ2) is 7.25. The summed E-state index contributed by atoms with van der Waals surface area (Å²) >= 11 is 1.18. The molecule has 2 aromatic rings. The third kappa shape index (κ3) is 4.40. The lowest BCUT2D eigenvalue weighted by Gasteiger charge is -2.21. The van der Waals surface area contributed by atoms with Crippen LogP contribution in [-0.4, -0.2) is 27.4 Å². The maximum absolute atomic E-state index is 12.4. The molecule has 5 nitrogen and oxygen atoms in total. The van der Waals surface area contributed by atoms with E-state index in [9.17, 15) is 13.2 Å². The Morgan fingerprint density at radius 3 is 2.52 bits per heavy atom. The summed E-state index contributed by atoms with van der Waals surface area (Å²) < 4.78 is 27.0. The third-order valence-electron chi connectivity index (χ3n) is 3.32. The fraction of sp³-hybridized carbons (Fsp3) is 0.312. The first-order valence-corrected chi connectivity index (χ1v) is 9.56. The molecule has 0 spiro atoms. The van der Waals surface area contributed by atoms with Crippen molar-refractivity contribution in [3.8, 4) is 0 Å². The van der Waals surface area contributed by atoms with Crippen molar-refractivity contribution >= 4 is 33.0 Å². The molecule has 2 rings (SSSR count). The fourth-order valence-corrected chi connectivity index (χ4v) is 4.48. The highest BCUT2D eigenvalue weighted by molar-refractivity contribution is 7.91. The zero-order chi connectivity index (χ0) is 17.0. The molecule has 0 aliphatic heterocycles. The van der Waals surface area contributed by atoms with Gasteiger partial charge in [-0.3, -0.25) is 4.79 Å². The average molecular weight is 352 g/mol. The highest BCUT2D eigenvalue weighted by Crippen LogP contribution is 2.20. The molecule has 1 amide bonds. The van der Waals surface area contributed by atoms with Crippen molar-refractivity contribution in [2.75, 3.05) is 18.0 Å². The van der Waals surface area contributed by atoms with Crippen molar-refractivity contribution in [2.45, 2.75) is 25.0 Å². The maximum atomic E-state index is 12.4. The van der Waals surface area contributed by atoms with Crippen LogP contribution >= 0.6 is 11.3 Å². The van der Waals surface area contributed by atoms with Crippen molar-refractivity contribution in [1.29, 1.82) is 0 Å². The van der Waals surface area contributed by atoms with E-state index in [0.29, 0.717) is 6.54 Å². The normalized spacial score (nSPS) is 11.4. The standard InChI is InChI=1S/C16H20N2O3S2/c1-4-18(14-7-5-6-12(2)10-14)15(19)11-17-23(20,21)16-9-8-13(3)22-16/h5-10,17H,4,11H2,1-3H3. The third-order valence-corrected chi connectivity index (χ3v) is 6.22. The van der Waals surface area contributed by atoms with E-state index >= 15 is 0 Å². The maximum Gasteiger partial charge on any atom is 0.250 e. The topological polar surface area (TPSA) is 66.5 Å². The number of hydrogen-bond donors (Lipinski definition) is 1. The van der Waals surface area contributed by atoms with Crippen LogP contribution in [0.3, 0.4) is 0 Å². The number of nitrogens with one attached hydrogen (secondary N) is 1. The van der Waals surface area contributed by atoms with Crippen molar-refractivity contribution in [3.05, 3.63) is 46.8 Å². The van der Waals surface area contributed by atoms with Crippen LogP contribution < -0.4 is 9.62 Å². The predicted molar refractivity (Wildman–Crippen MR) is 93.5 cm³/mol. The summed E-state index contributed by atoms with van der Waals surface area (Å²) in [5, 5.41) is 0. The largest absolute Gasteiger partial charge is 0.312 e. The Hall–Kier alpha value is -1.70. The Morgan fingerprint density at radius 2 is 1.96 bits per heavy atom. The van der Waals surface area contributed by atoms with Crippen LogP contribution in [0, 0.1) is 13.8 Å². The summed E-state index contributed by atoms with van der Waals surface area (Å²) in [6.45, 7) is 5.86. The van der Waals surface area contributed by atoms with Gasteiger partial charge in [-0.2, -0.15) is 0 Å². The van der Waals surface area contributed by atoms with Crippen molar-refractivity contribution in [2.24, 2.45) is 0 Å². The van der Waals surface area contributed by atoms with E-state index in [-0.39, 0.29) is 16.7 Å². The number of benzene rings is 1. The van der Waals surface area contributed by atoms with Crippen molar-refractivity contribution in [1.82, 2.24) is 4.72 Å². The van der Waals surface area contributed by atoms with Gasteiger partial charge in [0, 0.05) is 17.1 Å². The Labute approximate surface area is 141 Å². The first-order chi connectivity index (χ1) is 10.8. The van der Waals surface area contributed by atoms with Crippen LogP contribution in [0.1, 0.15) is 17.4 Å². The van der Waals surface area contributed by atoms with E-state index in [1.54, 1.807) is 17.0 Å². The number of sulfonamides is 1. The van der Waals surface area contributed by atoms with E-state index in [4.69, 9.17) is 0 Å². The molecule has 0 saturated heterocycles. The number of amides is 1. The van der Waals surface area contributed by atoms with Gasteiger partial charge < -0.3 is 4.90 Å². The average Bonchev–Trinajstić information content (AvgIpc) is 2.94. The highest BCUT2D eigenvalue weighted by atomic mass is 32.2. The lowest BCUT2D eigenvalue weighted by Crippen LogP contribution is -2.40. The van der Waals surface area contributed by atoms with Gasteiger partial charge in [0.05, 0.1) is 6.54 Å². The van der Waals surface area contributed by atoms with E-state index < -0.39 is 10.0 Å². The summed E-state index contributed by atoms with van der Waals surface area (Å²) in [6, 6.07) is 10.9. The molecule has 23 heavy (non-hydrogen) atoms. The van der Waals surface area contributed by atoms with Gasteiger partial charge in [-0.1, -0.05) is 12.1 Å². The molecule has 0 saturated carbocycles. The molecule has 124 valence electrons. The molecule has 1 N–H and O–H groups in total. The highest BCUT2D eigenvalue weighted by Gasteiger charge is 2.20. The molecule has 7 heteroatoms. The second-order valence-electron chi connectivity index (χ2n) is 5.17. The number of likely N-dealkylation sites (N-methyl/N-ethyl adjacent to an activating group) is 1. The minimum absolute atomic E-state index is 0.224. The van der Waals surface area contributed by atoms with Crippen LogP contribution in [0.4, 0.5) is 5.69 Å². The fourth-order valence-electron chi connectivity index (χ4n) is 2.18. The van der Waals surface area contributed by atoms with Crippen molar-refractivity contribution in [3.63, 3.8) is 0 Å². The summed E-state index contributed by atoms with van der Waals surface area (Å²) in [4.78, 5) is 14.8. The van der Waals surface area contributed by atoms with Gasteiger partial charge in [0.2, 0.25) is 5.91 Å². The van der Waals surface area contributed by atoms with Gasteiger partial charge in [-0.25, -0.2) is 13.1 Å². The van der Waals surface area contributed by atoms with Gasteiger partial charge in [0.15, 0.2) is 0 Å². The monoisotopic (exact) mass is 352 g/mol. The number of nitrogens with zero attached hydrogens (tertiary/aromatic N) is 1. The van der Waals surface area contributed by atoms with Crippen LogP contribution in [0.2, 0.25) is 0 Å². The Balaban J connectivity index is 2.08. The zero-order valence-electron chi connectivity index (χ0n) is 13.4. The molecule has 0 atom stereocenters. The molecule has 1 aromatic heterocycles. The van der Waals surface area contributed by atoms with E-state index in [1.807, 2.05) is 45.0 Å². The molecule has 0 fully saturated rings. The smallest absolute Gasteiger partial charge is 0.250 e. The first-order valence-electron chi connectivity index (χ1n) is 7.26. The molecular formula is C16H20N2O3S2. The van der Waals surface area contributed by atoms with Gasteiger partial charge >= 0.3 is 0 Å². The van der Waals surface area contributed by atoms with Gasteiger partial charge in [-0.15, -0.1) is 11.3 Å². The number of anilines is 1. The molecule has 1 aromatic carbocycles. The van der Waals surface area contributed by atoms with Crippen LogP contribution in [-0.2, 0) is 14.8 Å². The van der Waals surface area contributed by atoms with E-state index in [1.165, 1.54) is 11.3 Å². The number of hydrogen-bond acceptors (Lipinski definition) is 4. The Morgan fingerprint density at radius 1 is 1.22 bits per heavy atom. The van der Waals surface area contributed by atoms with Gasteiger partial charge in [0.1, 0.15) is 4.21 Å². The SMILES string of the molecule is CCN(C(=O)CNS(=O)(=O)c1ccc(C)s1)c1cccc(C)c1. The van der Waals surface area contributed by atoms with Gasteiger partial charge in [0.25, 0.3) is 10.0 Å². The summed E-state index contributed by atoms with van der Waals surface area (Å²) in [6.07, 6.45) is 0. The van der Waals surface area contributed by atoms with Crippen molar-refractivity contribution < 1.29 is 13.2 Å². The molecule has 0 unspecified atom stereocenters. The minimum atomic E-state index is -3.65. The molecular weight excluding hydrogens is 332 g/mol. The number of aryl methyl sites for hydroxylation is 2. The molecule has 0 bridgehead atoms. The van der Waals surface area contributed by atoms with Crippen LogP contribution in [0.25, 0.3) is 0 Å². The van der Waals surface area contributed by atoms with Gasteiger partial charge in [-0.05, 0) is 50.6 Å². The molecule has 0 aliphatic carbocycles. The Kier molecular flexibility index (Phi) is 5.56. The van der Waals surface area contributed by atoms with E-state index in [0.717, 1.165) is 16.1 Å². The molecule has 0 aliphatic rings. The number of carbonyl (C=O) groups excluding carboxylic acids is 1. The predicted octanol–water partition coefficient (Wildman–Crippen LogP) is 2.70. The minimum Gasteiger partial charge on any atom is -0.312 e. The summed E-state index contributed by atoms with van der Waals surface area (Å²) in [7, 11) is -3.65. The van der Waals surface area contributed by atoms with E-state index in [2.05, 4.69) is 4.72 Å². The lowest BCUT2D eigenvalue weighted by molar-refractivity contribution is -0.117. The summed E-state index contributed by atoms with van der Waals surface area (Å²) in [5.41, 5.74) is 1.81. The van der Waals surface area contributed by atoms with Crippen LogP contribution in [0.5, 0.6) is 0 Å². The summed E-state index contributed by atoms with van der Waals surface area (Å²) in [5.74, 6) is -0.282. The first kappa shape index (κ1) is 17.7. The number of carbonyl (C=O) groups is 1. The van der Waals surface area contributed by atoms with Crippen LogP contribution in [0.15, 0.2) is 40.6 Å². The molecule has 1 heterocycles. The number of thiophene rings is 1. The quantitative estimate of drug-likeness (QED) is 0.869. The second-order valence-corrected chi connectivity index (χ2v) is 8.45. The lowest BCUT2D eigenvalue weighted by atomic mass is 10.2.